The first-order chi connectivity index (χ1) is 9.34. The second-order valence-electron chi connectivity index (χ2n) is 6.25. The molecule has 1 heterocycles. The molecule has 1 saturated carbocycles. The van der Waals surface area contributed by atoms with Gasteiger partial charge in [0.25, 0.3) is 0 Å². The van der Waals surface area contributed by atoms with E-state index in [0.29, 0.717) is 13.1 Å². The van der Waals surface area contributed by atoms with Crippen LogP contribution < -0.4 is 5.32 Å². The maximum atomic E-state index is 10.4. The van der Waals surface area contributed by atoms with Gasteiger partial charge >= 0.3 is 0 Å². The molecular weight excluding hydrogens is 258 g/mol. The van der Waals surface area contributed by atoms with Crippen molar-refractivity contribution in [1.82, 2.24) is 5.32 Å². The zero-order chi connectivity index (χ0) is 14.6. The van der Waals surface area contributed by atoms with Gasteiger partial charge in [0.05, 0.1) is 5.41 Å². The molecule has 0 bridgehead atoms. The van der Waals surface area contributed by atoms with Crippen molar-refractivity contribution >= 4 is 0 Å². The predicted octanol–water partition coefficient (Wildman–Crippen LogP) is -0.00460. The topological polar surface area (TPSA) is 82.0 Å². The summed E-state index contributed by atoms with van der Waals surface area (Å²) in [6, 6.07) is 9.87. The number of fused-ring (bicyclic) bond motifs is 1. The van der Waals surface area contributed by atoms with Crippen LogP contribution in [0.25, 0.3) is 0 Å². The summed E-state index contributed by atoms with van der Waals surface area (Å²) < 4.78 is 5.48. The van der Waals surface area contributed by atoms with Crippen molar-refractivity contribution < 1.29 is 20.1 Å². The van der Waals surface area contributed by atoms with E-state index >= 15 is 0 Å². The summed E-state index contributed by atoms with van der Waals surface area (Å²) in [4.78, 5) is 0. The molecule has 1 aromatic rings. The van der Waals surface area contributed by atoms with Crippen molar-refractivity contribution in [2.24, 2.45) is 5.41 Å². The highest BCUT2D eigenvalue weighted by Crippen LogP contribution is 2.71. The van der Waals surface area contributed by atoms with E-state index < -0.39 is 29.0 Å². The van der Waals surface area contributed by atoms with Crippen LogP contribution in [0.1, 0.15) is 19.4 Å². The van der Waals surface area contributed by atoms with E-state index in [1.807, 2.05) is 30.3 Å². The van der Waals surface area contributed by atoms with Crippen LogP contribution in [0.4, 0.5) is 0 Å². The fourth-order valence-electron chi connectivity index (χ4n) is 3.29. The van der Waals surface area contributed by atoms with Crippen LogP contribution in [0.5, 0.6) is 0 Å². The van der Waals surface area contributed by atoms with Crippen molar-refractivity contribution in [2.45, 2.75) is 44.0 Å². The Balaban J connectivity index is 1.57. The van der Waals surface area contributed by atoms with Crippen LogP contribution in [0.2, 0.25) is 0 Å². The Hall–Kier alpha value is -0.980. The first-order valence-electron chi connectivity index (χ1n) is 6.90. The molecule has 2 fully saturated rings. The van der Waals surface area contributed by atoms with E-state index in [1.54, 1.807) is 13.8 Å². The molecule has 2 aliphatic rings. The zero-order valence-electron chi connectivity index (χ0n) is 11.7. The van der Waals surface area contributed by atoms with Gasteiger partial charge in [-0.05, 0) is 5.56 Å². The summed E-state index contributed by atoms with van der Waals surface area (Å²) in [5, 5.41) is 34.0. The van der Waals surface area contributed by atoms with Gasteiger partial charge in [-0.25, -0.2) is 0 Å². The molecule has 3 rings (SSSR count). The van der Waals surface area contributed by atoms with Gasteiger partial charge in [0, 0.05) is 13.1 Å². The SMILES string of the molecule is CC1(C)[C@]2(O)O[C@H](CNCc3ccccc3)[C@H](O)[C@]12O. The molecule has 1 aliphatic heterocycles. The van der Waals surface area contributed by atoms with E-state index in [4.69, 9.17) is 4.74 Å². The maximum absolute atomic E-state index is 10.4. The Bertz CT molecular complexity index is 506. The molecule has 1 aliphatic carbocycles. The fraction of sp³-hybridized carbons (Fsp3) is 0.600. The molecule has 0 spiro atoms. The van der Waals surface area contributed by atoms with Gasteiger partial charge in [-0.15, -0.1) is 0 Å². The molecule has 5 heteroatoms. The Kier molecular flexibility index (Phi) is 2.97. The Morgan fingerprint density at radius 3 is 2.40 bits per heavy atom. The Morgan fingerprint density at radius 1 is 1.20 bits per heavy atom. The van der Waals surface area contributed by atoms with Crippen molar-refractivity contribution in [3.8, 4) is 0 Å². The highest BCUT2D eigenvalue weighted by Gasteiger charge is 2.91. The van der Waals surface area contributed by atoms with Crippen molar-refractivity contribution in [3.05, 3.63) is 35.9 Å². The van der Waals surface area contributed by atoms with Gasteiger partial charge in [0.2, 0.25) is 5.79 Å². The largest absolute Gasteiger partial charge is 0.387 e. The van der Waals surface area contributed by atoms with Crippen LogP contribution in [0.3, 0.4) is 0 Å². The molecule has 1 saturated heterocycles. The molecule has 20 heavy (non-hydrogen) atoms. The van der Waals surface area contributed by atoms with Gasteiger partial charge in [-0.2, -0.15) is 0 Å². The number of aliphatic hydroxyl groups is 3. The predicted molar refractivity (Wildman–Crippen MR) is 72.7 cm³/mol. The monoisotopic (exact) mass is 279 g/mol. The molecular formula is C15H21NO4. The summed E-state index contributed by atoms with van der Waals surface area (Å²) in [6.45, 7) is 4.39. The third-order valence-electron chi connectivity index (χ3n) is 4.87. The third kappa shape index (κ3) is 1.55. The number of ether oxygens (including phenoxy) is 1. The number of hydrogen-bond donors (Lipinski definition) is 4. The minimum Gasteiger partial charge on any atom is -0.387 e. The number of benzene rings is 1. The van der Waals surface area contributed by atoms with Crippen LogP contribution in [0, 0.1) is 5.41 Å². The second-order valence-corrected chi connectivity index (χ2v) is 6.25. The van der Waals surface area contributed by atoms with Gasteiger partial charge in [-0.1, -0.05) is 44.2 Å². The van der Waals surface area contributed by atoms with E-state index in [0.717, 1.165) is 5.56 Å². The average Bonchev–Trinajstić information content (AvgIpc) is 2.65. The van der Waals surface area contributed by atoms with Gasteiger partial charge in [0.15, 0.2) is 5.60 Å². The highest BCUT2D eigenvalue weighted by atomic mass is 16.7. The lowest BCUT2D eigenvalue weighted by molar-refractivity contribution is -0.170. The molecule has 0 aromatic heterocycles. The summed E-state index contributed by atoms with van der Waals surface area (Å²) in [5.74, 6) is -1.64. The molecule has 110 valence electrons. The number of aliphatic hydroxyl groups excluding tert-OH is 1. The minimum absolute atomic E-state index is 0.372. The maximum Gasteiger partial charge on any atom is 0.207 e. The molecule has 0 radical (unpaired) electrons. The molecule has 4 N–H and O–H groups in total. The van der Waals surface area contributed by atoms with Gasteiger partial charge in [-0.3, -0.25) is 0 Å². The number of rotatable bonds is 4. The Morgan fingerprint density at radius 2 is 1.85 bits per heavy atom. The molecule has 0 unspecified atom stereocenters. The summed E-state index contributed by atoms with van der Waals surface area (Å²) in [6.07, 6.45) is -1.70. The third-order valence-corrected chi connectivity index (χ3v) is 4.87. The van der Waals surface area contributed by atoms with E-state index in [1.165, 1.54) is 0 Å². The second kappa shape index (κ2) is 4.26. The van der Waals surface area contributed by atoms with Crippen LogP contribution in [-0.4, -0.2) is 45.5 Å². The lowest BCUT2D eigenvalue weighted by atomic mass is 9.98. The van der Waals surface area contributed by atoms with Crippen LogP contribution >= 0.6 is 0 Å². The van der Waals surface area contributed by atoms with Crippen LogP contribution in [-0.2, 0) is 11.3 Å². The highest BCUT2D eigenvalue weighted by molar-refractivity contribution is 5.34. The minimum atomic E-state index is -1.64. The van der Waals surface area contributed by atoms with Crippen molar-refractivity contribution in [3.63, 3.8) is 0 Å². The summed E-state index contributed by atoms with van der Waals surface area (Å²) >= 11 is 0. The van der Waals surface area contributed by atoms with Crippen LogP contribution in [0.15, 0.2) is 30.3 Å². The number of hydrogen-bond acceptors (Lipinski definition) is 5. The average molecular weight is 279 g/mol. The smallest absolute Gasteiger partial charge is 0.207 e. The standard InChI is InChI=1S/C15H21NO4/c1-13(2)14(18)12(17)11(20-15(13,14)19)9-16-8-10-6-4-3-5-7-10/h3-7,11-12,16-19H,8-9H2,1-2H3/t11-,12+,14+,15+/m1/s1. The quantitative estimate of drug-likeness (QED) is 0.623. The zero-order valence-corrected chi connectivity index (χ0v) is 11.7. The lowest BCUT2D eigenvalue weighted by Crippen LogP contribution is -2.44. The summed E-state index contributed by atoms with van der Waals surface area (Å²) in [7, 11) is 0. The van der Waals surface area contributed by atoms with E-state index in [-0.39, 0.29) is 0 Å². The molecule has 1 aromatic carbocycles. The molecule has 4 atom stereocenters. The number of nitrogens with one attached hydrogen (secondary N) is 1. The summed E-state index contributed by atoms with van der Waals surface area (Å²) in [5.41, 5.74) is -1.28. The first kappa shape index (κ1) is 14.0. The lowest BCUT2D eigenvalue weighted by Gasteiger charge is -2.25. The van der Waals surface area contributed by atoms with Crippen molar-refractivity contribution in [1.29, 1.82) is 0 Å². The normalized spacial score (nSPS) is 41.5. The van der Waals surface area contributed by atoms with E-state index in [9.17, 15) is 15.3 Å². The van der Waals surface area contributed by atoms with Gasteiger partial charge in [0.1, 0.15) is 12.2 Å². The molecule has 0 amide bonds. The first-order valence-corrected chi connectivity index (χ1v) is 6.90. The van der Waals surface area contributed by atoms with Gasteiger partial charge < -0.3 is 25.4 Å². The Labute approximate surface area is 118 Å². The fourth-order valence-corrected chi connectivity index (χ4v) is 3.29. The molecule has 5 nitrogen and oxygen atoms in total. The van der Waals surface area contributed by atoms with Crippen molar-refractivity contribution in [2.75, 3.05) is 6.54 Å². The van der Waals surface area contributed by atoms with E-state index in [2.05, 4.69) is 5.32 Å².